The van der Waals surface area contributed by atoms with Crippen LogP contribution in [0.4, 0.5) is 0 Å². The summed E-state index contributed by atoms with van der Waals surface area (Å²) in [5, 5.41) is 20.4. The molecule has 0 spiro atoms. The highest BCUT2D eigenvalue weighted by molar-refractivity contribution is 9.10. The third-order valence-corrected chi connectivity index (χ3v) is 4.15. The Morgan fingerprint density at radius 3 is 2.53 bits per heavy atom. The Balaban J connectivity index is 2.59. The van der Waals surface area contributed by atoms with E-state index in [0.717, 1.165) is 29.1 Å². The summed E-state index contributed by atoms with van der Waals surface area (Å²) < 4.78 is 0.936. The van der Waals surface area contributed by atoms with Crippen LogP contribution >= 0.6 is 15.9 Å². The summed E-state index contributed by atoms with van der Waals surface area (Å²) in [4.78, 5) is 11.0. The number of aromatic hydroxyl groups is 1. The number of hydrogen-bond acceptors (Lipinski definition) is 2. The molecule has 4 heteroatoms. The number of aromatic carboxylic acids is 1. The van der Waals surface area contributed by atoms with Crippen LogP contribution in [0.5, 0.6) is 5.75 Å². The lowest BCUT2D eigenvalue weighted by Gasteiger charge is -2.10. The topological polar surface area (TPSA) is 57.5 Å². The van der Waals surface area contributed by atoms with E-state index in [9.17, 15) is 9.90 Å². The van der Waals surface area contributed by atoms with Gasteiger partial charge in [-0.25, -0.2) is 4.79 Å². The van der Waals surface area contributed by atoms with E-state index in [1.807, 2.05) is 6.07 Å². The molecule has 0 atom stereocenters. The van der Waals surface area contributed by atoms with Gasteiger partial charge in [-0.2, -0.15) is 0 Å². The fraction of sp³-hybridized carbons (Fsp3) is 0.267. The molecule has 0 heterocycles. The standard InChI is InChI=1S/C15H15BrO3/c1-2-3-4-9-5-6-11-10(13(9)16)7-8-12(14(11)17)15(18)19/h5-8,17H,2-4H2,1H3,(H,18,19). The van der Waals surface area contributed by atoms with Gasteiger partial charge in [0.15, 0.2) is 0 Å². The van der Waals surface area contributed by atoms with Gasteiger partial charge in [0.25, 0.3) is 0 Å². The van der Waals surface area contributed by atoms with Gasteiger partial charge >= 0.3 is 5.97 Å². The molecule has 0 saturated heterocycles. The molecule has 0 aliphatic carbocycles. The number of carboxylic acid groups (broad SMARTS) is 1. The monoisotopic (exact) mass is 322 g/mol. The van der Waals surface area contributed by atoms with Crippen molar-refractivity contribution in [2.75, 3.05) is 0 Å². The summed E-state index contributed by atoms with van der Waals surface area (Å²) in [6, 6.07) is 6.90. The van der Waals surface area contributed by atoms with Crippen LogP contribution in [0.15, 0.2) is 28.7 Å². The minimum Gasteiger partial charge on any atom is -0.506 e. The zero-order valence-electron chi connectivity index (χ0n) is 10.6. The number of halogens is 1. The second-order valence-corrected chi connectivity index (χ2v) is 5.30. The predicted octanol–water partition coefficient (Wildman–Crippen LogP) is 4.35. The van der Waals surface area contributed by atoms with E-state index in [1.165, 1.54) is 11.6 Å². The molecule has 2 aromatic carbocycles. The van der Waals surface area contributed by atoms with Gasteiger partial charge in [-0.05, 0) is 45.8 Å². The summed E-state index contributed by atoms with van der Waals surface area (Å²) in [6.07, 6.45) is 3.19. The Bertz CT molecular complexity index is 635. The minimum atomic E-state index is -1.12. The third kappa shape index (κ3) is 2.59. The lowest BCUT2D eigenvalue weighted by atomic mass is 10.0. The van der Waals surface area contributed by atoms with Crippen LogP contribution in [-0.2, 0) is 6.42 Å². The molecule has 0 amide bonds. The van der Waals surface area contributed by atoms with Crippen molar-refractivity contribution in [2.45, 2.75) is 26.2 Å². The van der Waals surface area contributed by atoms with Crippen molar-refractivity contribution in [3.05, 3.63) is 39.9 Å². The van der Waals surface area contributed by atoms with Gasteiger partial charge < -0.3 is 10.2 Å². The zero-order chi connectivity index (χ0) is 14.0. The lowest BCUT2D eigenvalue weighted by Crippen LogP contribution is -1.97. The number of hydrogen-bond donors (Lipinski definition) is 2. The van der Waals surface area contributed by atoms with E-state index in [-0.39, 0.29) is 11.3 Å². The lowest BCUT2D eigenvalue weighted by molar-refractivity contribution is 0.0694. The van der Waals surface area contributed by atoms with Crippen LogP contribution in [0.2, 0.25) is 0 Å². The van der Waals surface area contributed by atoms with Crippen molar-refractivity contribution in [1.82, 2.24) is 0 Å². The summed E-state index contributed by atoms with van der Waals surface area (Å²) in [5.41, 5.74) is 1.11. The highest BCUT2D eigenvalue weighted by atomic mass is 79.9. The smallest absolute Gasteiger partial charge is 0.339 e. The average Bonchev–Trinajstić information content (AvgIpc) is 2.38. The molecule has 3 nitrogen and oxygen atoms in total. The largest absolute Gasteiger partial charge is 0.506 e. The fourth-order valence-electron chi connectivity index (χ4n) is 2.13. The number of phenols is 1. The van der Waals surface area contributed by atoms with Gasteiger partial charge in [0.1, 0.15) is 11.3 Å². The first-order chi connectivity index (χ1) is 9.06. The maximum absolute atomic E-state index is 11.0. The molecular weight excluding hydrogens is 308 g/mol. The SMILES string of the molecule is CCCCc1ccc2c(O)c(C(=O)O)ccc2c1Br. The van der Waals surface area contributed by atoms with Gasteiger partial charge in [-0.1, -0.05) is 31.5 Å². The van der Waals surface area contributed by atoms with Crippen LogP contribution in [0.25, 0.3) is 10.8 Å². The number of benzene rings is 2. The maximum Gasteiger partial charge on any atom is 0.339 e. The number of aryl methyl sites for hydroxylation is 1. The molecule has 0 radical (unpaired) electrons. The van der Waals surface area contributed by atoms with E-state index in [1.54, 1.807) is 12.1 Å². The Morgan fingerprint density at radius 1 is 1.21 bits per heavy atom. The van der Waals surface area contributed by atoms with Crippen LogP contribution in [0, 0.1) is 0 Å². The second kappa shape index (κ2) is 5.61. The zero-order valence-corrected chi connectivity index (χ0v) is 12.2. The summed E-state index contributed by atoms with van der Waals surface area (Å²) in [7, 11) is 0. The van der Waals surface area contributed by atoms with Gasteiger partial charge in [0.05, 0.1) is 0 Å². The molecule has 2 N–H and O–H groups in total. The number of carbonyl (C=O) groups is 1. The maximum atomic E-state index is 11.0. The Kier molecular flexibility index (Phi) is 4.10. The van der Waals surface area contributed by atoms with Crippen molar-refractivity contribution in [2.24, 2.45) is 0 Å². The second-order valence-electron chi connectivity index (χ2n) is 4.50. The van der Waals surface area contributed by atoms with Gasteiger partial charge in [-0.15, -0.1) is 0 Å². The summed E-state index contributed by atoms with van der Waals surface area (Å²) in [6.45, 7) is 2.14. The molecule has 2 rings (SSSR count). The van der Waals surface area contributed by atoms with E-state index >= 15 is 0 Å². The van der Waals surface area contributed by atoms with Gasteiger partial charge in [-0.3, -0.25) is 0 Å². The van der Waals surface area contributed by atoms with Crippen LogP contribution in [0.1, 0.15) is 35.7 Å². The molecule has 0 saturated carbocycles. The number of carboxylic acids is 1. The van der Waals surface area contributed by atoms with Crippen LogP contribution < -0.4 is 0 Å². The molecule has 100 valence electrons. The van der Waals surface area contributed by atoms with Crippen molar-refractivity contribution >= 4 is 32.7 Å². The minimum absolute atomic E-state index is 0.0688. The number of unbranched alkanes of at least 4 members (excludes halogenated alkanes) is 1. The molecular formula is C15H15BrO3. The first kappa shape index (κ1) is 13.9. The molecule has 0 unspecified atom stereocenters. The third-order valence-electron chi connectivity index (χ3n) is 3.22. The number of fused-ring (bicyclic) bond motifs is 1. The fourth-order valence-corrected chi connectivity index (χ4v) is 2.81. The van der Waals surface area contributed by atoms with Gasteiger partial charge in [0.2, 0.25) is 0 Å². The van der Waals surface area contributed by atoms with E-state index < -0.39 is 5.97 Å². The Hall–Kier alpha value is -1.55. The van der Waals surface area contributed by atoms with E-state index in [4.69, 9.17) is 5.11 Å². The summed E-state index contributed by atoms with van der Waals surface area (Å²) >= 11 is 3.55. The number of rotatable bonds is 4. The van der Waals surface area contributed by atoms with Crippen molar-refractivity contribution < 1.29 is 15.0 Å². The molecule has 0 fully saturated rings. The molecule has 0 aliphatic heterocycles. The Labute approximate surface area is 120 Å². The summed E-state index contributed by atoms with van der Waals surface area (Å²) in [5.74, 6) is -1.29. The first-order valence-corrected chi connectivity index (χ1v) is 7.02. The van der Waals surface area contributed by atoms with Crippen LogP contribution in [-0.4, -0.2) is 16.2 Å². The van der Waals surface area contributed by atoms with E-state index in [2.05, 4.69) is 22.9 Å². The van der Waals surface area contributed by atoms with E-state index in [0.29, 0.717) is 5.39 Å². The van der Waals surface area contributed by atoms with Crippen molar-refractivity contribution in [3.63, 3.8) is 0 Å². The average molecular weight is 323 g/mol. The van der Waals surface area contributed by atoms with Crippen LogP contribution in [0.3, 0.4) is 0 Å². The van der Waals surface area contributed by atoms with Gasteiger partial charge in [0, 0.05) is 9.86 Å². The predicted molar refractivity (Wildman–Crippen MR) is 78.9 cm³/mol. The highest BCUT2D eigenvalue weighted by Gasteiger charge is 2.14. The molecule has 2 aromatic rings. The normalized spacial score (nSPS) is 10.8. The molecule has 0 bridgehead atoms. The molecule has 0 aromatic heterocycles. The molecule has 19 heavy (non-hydrogen) atoms. The Morgan fingerprint density at radius 2 is 1.89 bits per heavy atom. The van der Waals surface area contributed by atoms with Crippen molar-refractivity contribution in [3.8, 4) is 5.75 Å². The molecule has 0 aliphatic rings. The quantitative estimate of drug-likeness (QED) is 0.879. The van der Waals surface area contributed by atoms with Crippen molar-refractivity contribution in [1.29, 1.82) is 0 Å². The highest BCUT2D eigenvalue weighted by Crippen LogP contribution is 2.35. The first-order valence-electron chi connectivity index (χ1n) is 6.22.